The maximum Gasteiger partial charge on any atom is 0.259 e. The lowest BCUT2D eigenvalue weighted by atomic mass is 10.2. The monoisotopic (exact) mass is 242 g/mol. The largest absolute Gasteiger partial charge is 0.383 e. The third-order valence-electron chi connectivity index (χ3n) is 2.27. The van der Waals surface area contributed by atoms with Gasteiger partial charge in [0.1, 0.15) is 11.4 Å². The fourth-order valence-electron chi connectivity index (χ4n) is 1.50. The van der Waals surface area contributed by atoms with E-state index < -0.39 is 9.84 Å². The molecule has 2 N–H and O–H groups in total. The third-order valence-corrected chi connectivity index (χ3v) is 3.12. The molecule has 1 aromatic heterocycles. The van der Waals surface area contributed by atoms with Crippen molar-refractivity contribution in [1.29, 1.82) is 0 Å². The summed E-state index contributed by atoms with van der Waals surface area (Å²) in [6, 6.07) is 0. The standard InChI is InChI=1S/C8H10N4O3S/c1-12-3-4-5(7(12)13)6(9)11-8(10-4)16(2,14)15/h3H2,1-2H3,(H2,9,10,11). The first-order valence-corrected chi connectivity index (χ1v) is 6.31. The maximum absolute atomic E-state index is 11.6. The number of aromatic nitrogens is 2. The van der Waals surface area contributed by atoms with E-state index in [2.05, 4.69) is 9.97 Å². The number of carbonyl (C=O) groups excluding carboxylic acids is 1. The molecule has 86 valence electrons. The summed E-state index contributed by atoms with van der Waals surface area (Å²) in [5.74, 6) is -0.368. The highest BCUT2D eigenvalue weighted by Gasteiger charge is 2.31. The molecule has 0 aliphatic carbocycles. The zero-order valence-corrected chi connectivity index (χ0v) is 9.58. The molecular formula is C8H10N4O3S. The Morgan fingerprint density at radius 3 is 2.56 bits per heavy atom. The van der Waals surface area contributed by atoms with Crippen LogP contribution in [0.15, 0.2) is 5.16 Å². The Morgan fingerprint density at radius 1 is 1.38 bits per heavy atom. The number of nitrogen functional groups attached to an aromatic ring is 1. The van der Waals surface area contributed by atoms with Crippen molar-refractivity contribution in [3.63, 3.8) is 0 Å². The van der Waals surface area contributed by atoms with Crippen LogP contribution in [0, 0.1) is 0 Å². The summed E-state index contributed by atoms with van der Waals surface area (Å²) < 4.78 is 22.5. The minimum atomic E-state index is -3.51. The number of hydrogen-bond donors (Lipinski definition) is 1. The van der Waals surface area contributed by atoms with Crippen molar-refractivity contribution in [2.24, 2.45) is 0 Å². The van der Waals surface area contributed by atoms with Crippen molar-refractivity contribution in [1.82, 2.24) is 14.9 Å². The predicted molar refractivity (Wildman–Crippen MR) is 55.4 cm³/mol. The van der Waals surface area contributed by atoms with Crippen LogP contribution in [-0.2, 0) is 16.4 Å². The van der Waals surface area contributed by atoms with Crippen molar-refractivity contribution < 1.29 is 13.2 Å². The molecule has 0 aromatic carbocycles. The van der Waals surface area contributed by atoms with Crippen molar-refractivity contribution in [2.75, 3.05) is 19.0 Å². The van der Waals surface area contributed by atoms with Gasteiger partial charge in [0.05, 0.1) is 12.2 Å². The zero-order chi connectivity index (χ0) is 12.1. The number of hydrogen-bond acceptors (Lipinski definition) is 6. The number of sulfone groups is 1. The van der Waals surface area contributed by atoms with E-state index in [9.17, 15) is 13.2 Å². The smallest absolute Gasteiger partial charge is 0.259 e. The average molecular weight is 242 g/mol. The summed E-state index contributed by atoms with van der Waals surface area (Å²) in [6.45, 7) is 0.253. The number of nitrogens with zero attached hydrogens (tertiary/aromatic N) is 3. The highest BCUT2D eigenvalue weighted by atomic mass is 32.2. The number of nitrogens with two attached hydrogens (primary N) is 1. The molecule has 1 aliphatic rings. The molecule has 1 aromatic rings. The quantitative estimate of drug-likeness (QED) is 0.636. The van der Waals surface area contributed by atoms with Gasteiger partial charge in [-0.15, -0.1) is 0 Å². The molecule has 0 atom stereocenters. The van der Waals surface area contributed by atoms with Crippen LogP contribution in [0.4, 0.5) is 5.82 Å². The van der Waals surface area contributed by atoms with E-state index >= 15 is 0 Å². The molecule has 0 radical (unpaired) electrons. The fraction of sp³-hybridized carbons (Fsp3) is 0.375. The zero-order valence-electron chi connectivity index (χ0n) is 8.76. The Bertz CT molecular complexity index is 581. The molecule has 7 nitrogen and oxygen atoms in total. The minimum absolute atomic E-state index is 0.0835. The molecule has 0 unspecified atom stereocenters. The summed E-state index contributed by atoms with van der Waals surface area (Å²) in [5, 5.41) is -0.341. The normalized spacial score (nSPS) is 15.4. The lowest BCUT2D eigenvalue weighted by Gasteiger charge is -2.04. The van der Waals surface area contributed by atoms with Gasteiger partial charge in [0, 0.05) is 13.3 Å². The first kappa shape index (κ1) is 10.8. The van der Waals surface area contributed by atoms with Gasteiger partial charge >= 0.3 is 0 Å². The molecule has 0 spiro atoms. The molecule has 8 heteroatoms. The van der Waals surface area contributed by atoms with E-state index in [1.54, 1.807) is 7.05 Å². The number of fused-ring (bicyclic) bond motifs is 1. The summed E-state index contributed by atoms with van der Waals surface area (Å²) >= 11 is 0. The summed E-state index contributed by atoms with van der Waals surface area (Å²) in [5.41, 5.74) is 6.12. The molecule has 0 bridgehead atoms. The Kier molecular flexibility index (Phi) is 2.12. The van der Waals surface area contributed by atoms with Crippen LogP contribution >= 0.6 is 0 Å². The Hall–Kier alpha value is -1.70. The highest BCUT2D eigenvalue weighted by Crippen LogP contribution is 2.24. The van der Waals surface area contributed by atoms with Crippen LogP contribution in [0.25, 0.3) is 0 Å². The van der Waals surface area contributed by atoms with Crippen molar-refractivity contribution in [2.45, 2.75) is 11.7 Å². The van der Waals surface area contributed by atoms with Crippen LogP contribution in [0.2, 0.25) is 0 Å². The average Bonchev–Trinajstić information content (AvgIpc) is 2.41. The lowest BCUT2D eigenvalue weighted by molar-refractivity contribution is 0.0817. The van der Waals surface area contributed by atoms with Crippen LogP contribution < -0.4 is 5.73 Å². The third kappa shape index (κ3) is 1.51. The van der Waals surface area contributed by atoms with E-state index in [1.165, 1.54) is 4.90 Å². The molecule has 0 saturated carbocycles. The lowest BCUT2D eigenvalue weighted by Crippen LogP contribution is -2.18. The second kappa shape index (κ2) is 3.14. The van der Waals surface area contributed by atoms with Gasteiger partial charge in [0.2, 0.25) is 15.0 Å². The maximum atomic E-state index is 11.6. The molecule has 0 fully saturated rings. The Morgan fingerprint density at radius 2 is 2.00 bits per heavy atom. The molecule has 16 heavy (non-hydrogen) atoms. The van der Waals surface area contributed by atoms with Gasteiger partial charge in [-0.25, -0.2) is 18.4 Å². The summed E-state index contributed by atoms with van der Waals surface area (Å²) in [4.78, 5) is 20.5. The van der Waals surface area contributed by atoms with Gasteiger partial charge in [-0.1, -0.05) is 0 Å². The summed E-state index contributed by atoms with van der Waals surface area (Å²) in [7, 11) is -1.93. The van der Waals surface area contributed by atoms with Gasteiger partial charge in [0.25, 0.3) is 5.91 Å². The van der Waals surface area contributed by atoms with E-state index in [4.69, 9.17) is 5.73 Å². The van der Waals surface area contributed by atoms with Gasteiger partial charge < -0.3 is 10.6 Å². The Labute approximate surface area is 92.2 Å². The van der Waals surface area contributed by atoms with Crippen molar-refractivity contribution in [3.8, 4) is 0 Å². The van der Waals surface area contributed by atoms with Crippen molar-refractivity contribution in [3.05, 3.63) is 11.3 Å². The predicted octanol–water partition coefficient (Wildman–Crippen LogP) is -0.952. The highest BCUT2D eigenvalue weighted by molar-refractivity contribution is 7.90. The molecular weight excluding hydrogens is 232 g/mol. The first-order valence-electron chi connectivity index (χ1n) is 4.42. The second-order valence-electron chi connectivity index (χ2n) is 3.65. The van der Waals surface area contributed by atoms with E-state index in [-0.39, 0.29) is 29.0 Å². The molecule has 1 aliphatic heterocycles. The topological polar surface area (TPSA) is 106 Å². The van der Waals surface area contributed by atoms with E-state index in [0.29, 0.717) is 5.69 Å². The number of rotatable bonds is 1. The number of carbonyl (C=O) groups is 1. The van der Waals surface area contributed by atoms with Gasteiger partial charge in [-0.05, 0) is 0 Å². The number of amides is 1. The van der Waals surface area contributed by atoms with Crippen LogP contribution in [0.1, 0.15) is 16.1 Å². The first-order chi connectivity index (χ1) is 7.30. The van der Waals surface area contributed by atoms with Gasteiger partial charge in [0.15, 0.2) is 0 Å². The fourth-order valence-corrected chi connectivity index (χ4v) is 2.04. The Balaban J connectivity index is 2.68. The van der Waals surface area contributed by atoms with Gasteiger partial charge in [-0.3, -0.25) is 4.79 Å². The molecule has 2 rings (SSSR count). The SMILES string of the molecule is CN1Cc2nc(S(C)(=O)=O)nc(N)c2C1=O. The van der Waals surface area contributed by atoms with E-state index in [1.807, 2.05) is 0 Å². The van der Waals surface area contributed by atoms with Crippen LogP contribution in [0.3, 0.4) is 0 Å². The van der Waals surface area contributed by atoms with Gasteiger partial charge in [-0.2, -0.15) is 0 Å². The van der Waals surface area contributed by atoms with Crippen molar-refractivity contribution >= 4 is 21.6 Å². The number of anilines is 1. The molecule has 0 saturated heterocycles. The van der Waals surface area contributed by atoms with Crippen LogP contribution in [-0.4, -0.2) is 42.5 Å². The minimum Gasteiger partial charge on any atom is -0.383 e. The van der Waals surface area contributed by atoms with Crippen LogP contribution in [0.5, 0.6) is 0 Å². The summed E-state index contributed by atoms with van der Waals surface area (Å²) in [6.07, 6.45) is 0.995. The van der Waals surface area contributed by atoms with E-state index in [0.717, 1.165) is 6.26 Å². The second-order valence-corrected chi connectivity index (χ2v) is 5.56. The molecule has 2 heterocycles. The molecule has 1 amide bonds.